The Balaban J connectivity index is 2.02. The van der Waals surface area contributed by atoms with Gasteiger partial charge >= 0.3 is 0 Å². The molecule has 106 valence electrons. The van der Waals surface area contributed by atoms with Gasteiger partial charge < -0.3 is 10.5 Å². The normalized spacial score (nSPS) is 10.8. The first-order valence-electron chi connectivity index (χ1n) is 6.44. The van der Waals surface area contributed by atoms with Crippen molar-refractivity contribution in [1.29, 1.82) is 0 Å². The zero-order valence-electron chi connectivity index (χ0n) is 11.8. The smallest absolute Gasteiger partial charge is 0.119 e. The standard InChI is InChI=1S/C16H19BrN2O/c1-19(10-12-4-3-5-15(8-12)20-2)11-13-6-7-14(17)9-16(13)18/h3-9H,10-11,18H2,1-2H3. The average Bonchev–Trinajstić information content (AvgIpc) is 2.42. The fourth-order valence-corrected chi connectivity index (χ4v) is 2.52. The van der Waals surface area contributed by atoms with Gasteiger partial charge in [-0.05, 0) is 42.4 Å². The fraction of sp³-hybridized carbons (Fsp3) is 0.250. The molecule has 0 aliphatic heterocycles. The molecule has 2 rings (SSSR count). The molecule has 0 aliphatic rings. The van der Waals surface area contributed by atoms with E-state index in [1.54, 1.807) is 7.11 Å². The van der Waals surface area contributed by atoms with Gasteiger partial charge in [0.2, 0.25) is 0 Å². The molecule has 0 saturated carbocycles. The van der Waals surface area contributed by atoms with Crippen LogP contribution in [0, 0.1) is 0 Å². The summed E-state index contributed by atoms with van der Waals surface area (Å²) < 4.78 is 6.25. The monoisotopic (exact) mass is 334 g/mol. The van der Waals surface area contributed by atoms with Crippen molar-refractivity contribution < 1.29 is 4.74 Å². The van der Waals surface area contributed by atoms with E-state index in [1.165, 1.54) is 5.56 Å². The number of anilines is 1. The highest BCUT2D eigenvalue weighted by molar-refractivity contribution is 9.10. The van der Waals surface area contributed by atoms with Crippen molar-refractivity contribution in [1.82, 2.24) is 4.90 Å². The minimum absolute atomic E-state index is 0.816. The van der Waals surface area contributed by atoms with Crippen molar-refractivity contribution >= 4 is 21.6 Å². The highest BCUT2D eigenvalue weighted by atomic mass is 79.9. The zero-order valence-corrected chi connectivity index (χ0v) is 13.4. The van der Waals surface area contributed by atoms with E-state index in [4.69, 9.17) is 10.5 Å². The van der Waals surface area contributed by atoms with Crippen LogP contribution in [0.25, 0.3) is 0 Å². The molecule has 0 aliphatic carbocycles. The van der Waals surface area contributed by atoms with Crippen molar-refractivity contribution in [2.75, 3.05) is 19.9 Å². The SMILES string of the molecule is COc1cccc(CN(C)Cc2ccc(Br)cc2N)c1. The second kappa shape index (κ2) is 6.77. The third-order valence-electron chi connectivity index (χ3n) is 3.13. The molecule has 0 fully saturated rings. The number of nitrogens with zero attached hydrogens (tertiary/aromatic N) is 1. The second-order valence-electron chi connectivity index (χ2n) is 4.87. The number of nitrogens with two attached hydrogens (primary N) is 1. The summed E-state index contributed by atoms with van der Waals surface area (Å²) in [6.45, 7) is 1.67. The predicted molar refractivity (Wildman–Crippen MR) is 86.7 cm³/mol. The summed E-state index contributed by atoms with van der Waals surface area (Å²) in [6.07, 6.45) is 0. The minimum atomic E-state index is 0.816. The van der Waals surface area contributed by atoms with E-state index in [2.05, 4.69) is 46.1 Å². The lowest BCUT2D eigenvalue weighted by Gasteiger charge is -2.18. The molecule has 4 heteroatoms. The van der Waals surface area contributed by atoms with Crippen LogP contribution < -0.4 is 10.5 Å². The first-order valence-corrected chi connectivity index (χ1v) is 7.23. The number of ether oxygens (including phenoxy) is 1. The molecule has 2 aromatic carbocycles. The summed E-state index contributed by atoms with van der Waals surface area (Å²) in [6, 6.07) is 14.1. The van der Waals surface area contributed by atoms with Crippen molar-refractivity contribution in [3.63, 3.8) is 0 Å². The van der Waals surface area contributed by atoms with Crippen LogP contribution in [0.15, 0.2) is 46.9 Å². The largest absolute Gasteiger partial charge is 0.497 e. The highest BCUT2D eigenvalue weighted by Gasteiger charge is 2.06. The van der Waals surface area contributed by atoms with Gasteiger partial charge in [-0.2, -0.15) is 0 Å². The molecule has 0 amide bonds. The van der Waals surface area contributed by atoms with E-state index in [9.17, 15) is 0 Å². The van der Waals surface area contributed by atoms with Crippen LogP contribution in [0.1, 0.15) is 11.1 Å². The van der Waals surface area contributed by atoms with E-state index in [-0.39, 0.29) is 0 Å². The lowest BCUT2D eigenvalue weighted by atomic mass is 10.1. The summed E-state index contributed by atoms with van der Waals surface area (Å²) in [5.41, 5.74) is 9.21. The number of benzene rings is 2. The Labute approximate surface area is 128 Å². The Morgan fingerprint density at radius 2 is 1.95 bits per heavy atom. The quantitative estimate of drug-likeness (QED) is 0.848. The maximum absolute atomic E-state index is 6.03. The lowest BCUT2D eigenvalue weighted by Crippen LogP contribution is -2.18. The third-order valence-corrected chi connectivity index (χ3v) is 3.63. The molecule has 0 radical (unpaired) electrons. The van der Waals surface area contributed by atoms with E-state index in [1.807, 2.05) is 24.3 Å². The van der Waals surface area contributed by atoms with Crippen molar-refractivity contribution in [3.05, 3.63) is 58.1 Å². The first-order chi connectivity index (χ1) is 9.58. The molecule has 0 bridgehead atoms. The number of hydrogen-bond acceptors (Lipinski definition) is 3. The Bertz CT molecular complexity index is 586. The first kappa shape index (κ1) is 14.9. The van der Waals surface area contributed by atoms with Crippen LogP contribution in [-0.4, -0.2) is 19.1 Å². The Kier molecular flexibility index (Phi) is 5.04. The Morgan fingerprint density at radius 3 is 2.65 bits per heavy atom. The highest BCUT2D eigenvalue weighted by Crippen LogP contribution is 2.21. The van der Waals surface area contributed by atoms with Crippen molar-refractivity contribution in [2.45, 2.75) is 13.1 Å². The molecule has 0 atom stereocenters. The van der Waals surface area contributed by atoms with E-state index >= 15 is 0 Å². The van der Waals surface area contributed by atoms with Gasteiger partial charge in [0.25, 0.3) is 0 Å². The number of hydrogen-bond donors (Lipinski definition) is 1. The lowest BCUT2D eigenvalue weighted by molar-refractivity contribution is 0.318. The molecule has 0 aromatic heterocycles. The van der Waals surface area contributed by atoms with Gasteiger partial charge in [-0.25, -0.2) is 0 Å². The average molecular weight is 335 g/mol. The molecule has 2 N–H and O–H groups in total. The van der Waals surface area contributed by atoms with Gasteiger partial charge in [-0.15, -0.1) is 0 Å². The zero-order chi connectivity index (χ0) is 14.5. The van der Waals surface area contributed by atoms with Gasteiger partial charge in [0, 0.05) is 23.2 Å². The molecule has 0 saturated heterocycles. The molecule has 0 spiro atoms. The maximum atomic E-state index is 6.03. The molecule has 3 nitrogen and oxygen atoms in total. The van der Waals surface area contributed by atoms with Crippen LogP contribution >= 0.6 is 15.9 Å². The second-order valence-corrected chi connectivity index (χ2v) is 5.78. The summed E-state index contributed by atoms with van der Waals surface area (Å²) >= 11 is 3.42. The Morgan fingerprint density at radius 1 is 1.15 bits per heavy atom. The van der Waals surface area contributed by atoms with Gasteiger partial charge in [0.15, 0.2) is 0 Å². The number of halogens is 1. The molecule has 2 aromatic rings. The van der Waals surface area contributed by atoms with E-state index < -0.39 is 0 Å². The summed E-state index contributed by atoms with van der Waals surface area (Å²) in [4.78, 5) is 2.23. The van der Waals surface area contributed by atoms with Gasteiger partial charge in [-0.1, -0.05) is 34.1 Å². The predicted octanol–water partition coefficient (Wildman–Crippen LogP) is 3.67. The molecule has 0 unspecified atom stereocenters. The summed E-state index contributed by atoms with van der Waals surface area (Å²) in [7, 11) is 3.77. The summed E-state index contributed by atoms with van der Waals surface area (Å²) in [5, 5.41) is 0. The minimum Gasteiger partial charge on any atom is -0.497 e. The maximum Gasteiger partial charge on any atom is 0.119 e. The van der Waals surface area contributed by atoms with Gasteiger partial charge in [0.05, 0.1) is 7.11 Å². The molecular weight excluding hydrogens is 316 g/mol. The van der Waals surface area contributed by atoms with Crippen LogP contribution in [-0.2, 0) is 13.1 Å². The fourth-order valence-electron chi connectivity index (χ4n) is 2.14. The molecule has 0 heterocycles. The van der Waals surface area contributed by atoms with Crippen LogP contribution in [0.2, 0.25) is 0 Å². The number of nitrogen functional groups attached to an aromatic ring is 1. The van der Waals surface area contributed by atoms with Crippen molar-refractivity contribution in [3.8, 4) is 5.75 Å². The molecule has 20 heavy (non-hydrogen) atoms. The molecular formula is C16H19BrN2O. The third kappa shape index (κ3) is 3.99. The van der Waals surface area contributed by atoms with E-state index in [0.29, 0.717) is 0 Å². The van der Waals surface area contributed by atoms with Crippen molar-refractivity contribution in [2.24, 2.45) is 0 Å². The van der Waals surface area contributed by atoms with Gasteiger partial charge in [0.1, 0.15) is 5.75 Å². The topological polar surface area (TPSA) is 38.5 Å². The van der Waals surface area contributed by atoms with E-state index in [0.717, 1.165) is 34.6 Å². The van der Waals surface area contributed by atoms with Crippen LogP contribution in [0.4, 0.5) is 5.69 Å². The van der Waals surface area contributed by atoms with Gasteiger partial charge in [-0.3, -0.25) is 4.90 Å². The number of rotatable bonds is 5. The summed E-state index contributed by atoms with van der Waals surface area (Å²) in [5.74, 6) is 0.888. The van der Waals surface area contributed by atoms with Crippen LogP contribution in [0.5, 0.6) is 5.75 Å². The Hall–Kier alpha value is -1.52. The van der Waals surface area contributed by atoms with Crippen LogP contribution in [0.3, 0.4) is 0 Å². The number of methoxy groups -OCH3 is 1.